The third kappa shape index (κ3) is 4.08. The van der Waals surface area contributed by atoms with Crippen LogP contribution in [0.1, 0.15) is 45.1 Å². The monoisotopic (exact) mass is 276 g/mol. The van der Waals surface area contributed by atoms with E-state index in [1.807, 2.05) is 6.92 Å². The van der Waals surface area contributed by atoms with Crippen molar-refractivity contribution < 1.29 is 9.53 Å². The Morgan fingerprint density at radius 2 is 2.10 bits per heavy atom. The van der Waals surface area contributed by atoms with Crippen LogP contribution in [0.2, 0.25) is 0 Å². The number of anilines is 1. The van der Waals surface area contributed by atoms with E-state index in [-0.39, 0.29) is 17.4 Å². The molecule has 1 aromatic rings. The summed E-state index contributed by atoms with van der Waals surface area (Å²) in [5.41, 5.74) is 6.77. The molecule has 0 saturated carbocycles. The second kappa shape index (κ2) is 7.68. The van der Waals surface area contributed by atoms with E-state index < -0.39 is 0 Å². The summed E-state index contributed by atoms with van der Waals surface area (Å²) in [4.78, 5) is 12.2. The lowest BCUT2D eigenvalue weighted by atomic mass is 9.92. The summed E-state index contributed by atoms with van der Waals surface area (Å²) in [6.07, 6.45) is 4.10. The summed E-state index contributed by atoms with van der Waals surface area (Å²) in [5, 5.41) is 8.04. The zero-order chi connectivity index (χ0) is 15.1. The first-order valence-electron chi connectivity index (χ1n) is 7.07. The minimum absolute atomic E-state index is 0.00542. The molecule has 0 fully saturated rings. The fourth-order valence-electron chi connectivity index (χ4n) is 2.11. The highest BCUT2D eigenvalue weighted by Gasteiger charge is 2.20. The predicted molar refractivity (Wildman–Crippen MR) is 82.5 cm³/mol. The molecule has 1 atom stereocenters. The van der Waals surface area contributed by atoms with Crippen molar-refractivity contribution in [3.05, 3.63) is 23.8 Å². The molecular formula is C16H24N2O2. The van der Waals surface area contributed by atoms with E-state index in [1.54, 1.807) is 25.3 Å². The molecule has 0 spiro atoms. The Kier molecular flexibility index (Phi) is 6.22. The normalized spacial score (nSPS) is 11.9. The third-order valence-electron chi connectivity index (χ3n) is 3.46. The standard InChI is InChI=1S/C16H24N2O2/c1-4-5-6-7-11(2)16(19)15(18)13-9-8-12(20-3)10-14(13)17/h8-11,18H,4-7,17H2,1-3H3. The average molecular weight is 276 g/mol. The number of carbonyl (C=O) groups is 1. The maximum atomic E-state index is 12.2. The predicted octanol–water partition coefficient (Wildman–Crippen LogP) is 3.43. The van der Waals surface area contributed by atoms with E-state index in [0.29, 0.717) is 17.0 Å². The molecule has 0 radical (unpaired) electrons. The first kappa shape index (κ1) is 16.2. The number of hydrogen-bond donors (Lipinski definition) is 2. The molecule has 0 aliphatic rings. The number of rotatable bonds is 8. The van der Waals surface area contributed by atoms with Crippen molar-refractivity contribution in [2.45, 2.75) is 39.5 Å². The van der Waals surface area contributed by atoms with Gasteiger partial charge < -0.3 is 10.5 Å². The van der Waals surface area contributed by atoms with Crippen LogP contribution >= 0.6 is 0 Å². The second-order valence-corrected chi connectivity index (χ2v) is 5.09. The van der Waals surface area contributed by atoms with E-state index in [9.17, 15) is 4.79 Å². The van der Waals surface area contributed by atoms with Crippen molar-refractivity contribution in [1.29, 1.82) is 5.41 Å². The number of benzene rings is 1. The molecule has 0 amide bonds. The van der Waals surface area contributed by atoms with Gasteiger partial charge in [-0.05, 0) is 18.6 Å². The van der Waals surface area contributed by atoms with Crippen LogP contribution in [-0.4, -0.2) is 18.6 Å². The molecular weight excluding hydrogens is 252 g/mol. The number of hydrogen-bond acceptors (Lipinski definition) is 4. The van der Waals surface area contributed by atoms with Crippen molar-refractivity contribution in [2.75, 3.05) is 12.8 Å². The summed E-state index contributed by atoms with van der Waals surface area (Å²) in [5.74, 6) is 0.357. The Morgan fingerprint density at radius 1 is 1.40 bits per heavy atom. The van der Waals surface area contributed by atoms with Crippen molar-refractivity contribution >= 4 is 17.2 Å². The van der Waals surface area contributed by atoms with Crippen molar-refractivity contribution in [2.24, 2.45) is 5.92 Å². The summed E-state index contributed by atoms with van der Waals surface area (Å²) >= 11 is 0. The topological polar surface area (TPSA) is 76.2 Å². The SMILES string of the molecule is CCCCCC(C)C(=O)C(=N)c1ccc(OC)cc1N. The van der Waals surface area contributed by atoms with Gasteiger partial charge in [0, 0.05) is 23.2 Å². The molecule has 0 aliphatic carbocycles. The number of nitrogens with one attached hydrogen (secondary N) is 1. The molecule has 110 valence electrons. The van der Waals surface area contributed by atoms with E-state index in [0.717, 1.165) is 25.7 Å². The second-order valence-electron chi connectivity index (χ2n) is 5.09. The Morgan fingerprint density at radius 3 is 2.65 bits per heavy atom. The Balaban J connectivity index is 2.76. The van der Waals surface area contributed by atoms with Gasteiger partial charge in [0.05, 0.1) is 7.11 Å². The highest BCUT2D eigenvalue weighted by atomic mass is 16.5. The summed E-state index contributed by atoms with van der Waals surface area (Å²) in [6.45, 7) is 4.01. The highest BCUT2D eigenvalue weighted by molar-refractivity contribution is 6.46. The number of ether oxygens (including phenoxy) is 1. The number of carbonyl (C=O) groups excluding carboxylic acids is 1. The molecule has 0 aliphatic heterocycles. The fourth-order valence-corrected chi connectivity index (χ4v) is 2.11. The minimum Gasteiger partial charge on any atom is -0.497 e. The first-order valence-corrected chi connectivity index (χ1v) is 7.07. The van der Waals surface area contributed by atoms with Crippen LogP contribution in [0.25, 0.3) is 0 Å². The first-order chi connectivity index (χ1) is 9.51. The molecule has 0 heterocycles. The van der Waals surface area contributed by atoms with Crippen molar-refractivity contribution in [3.8, 4) is 5.75 Å². The quantitative estimate of drug-likeness (QED) is 0.434. The van der Waals surface area contributed by atoms with Gasteiger partial charge in [0.1, 0.15) is 11.5 Å². The number of ketones is 1. The van der Waals surface area contributed by atoms with Gasteiger partial charge in [-0.2, -0.15) is 0 Å². The van der Waals surface area contributed by atoms with Gasteiger partial charge in [-0.3, -0.25) is 10.2 Å². The lowest BCUT2D eigenvalue weighted by Crippen LogP contribution is -2.23. The number of unbranched alkanes of at least 4 members (excludes halogenated alkanes) is 2. The van der Waals surface area contributed by atoms with Gasteiger partial charge in [0.25, 0.3) is 0 Å². The summed E-state index contributed by atoms with van der Waals surface area (Å²) in [6, 6.07) is 5.03. The lowest BCUT2D eigenvalue weighted by Gasteiger charge is -2.13. The van der Waals surface area contributed by atoms with Crippen LogP contribution in [0.3, 0.4) is 0 Å². The molecule has 0 saturated heterocycles. The summed E-state index contributed by atoms with van der Waals surface area (Å²) < 4.78 is 5.07. The Bertz CT molecular complexity index is 483. The average Bonchev–Trinajstić information content (AvgIpc) is 2.45. The molecule has 1 aromatic carbocycles. The van der Waals surface area contributed by atoms with E-state index >= 15 is 0 Å². The smallest absolute Gasteiger partial charge is 0.183 e. The molecule has 0 bridgehead atoms. The van der Waals surface area contributed by atoms with Gasteiger partial charge in [-0.1, -0.05) is 33.1 Å². The Labute approximate surface area is 120 Å². The third-order valence-corrected chi connectivity index (χ3v) is 3.46. The molecule has 20 heavy (non-hydrogen) atoms. The summed E-state index contributed by atoms with van der Waals surface area (Å²) in [7, 11) is 1.56. The van der Waals surface area contributed by atoms with Crippen LogP contribution in [-0.2, 0) is 4.79 Å². The molecule has 1 unspecified atom stereocenters. The van der Waals surface area contributed by atoms with Gasteiger partial charge in [0.15, 0.2) is 5.78 Å². The zero-order valence-corrected chi connectivity index (χ0v) is 12.5. The molecule has 4 heteroatoms. The highest BCUT2D eigenvalue weighted by Crippen LogP contribution is 2.22. The maximum absolute atomic E-state index is 12.2. The number of Topliss-reactive ketones (excluding diaryl/α,β-unsaturated/α-hetero) is 1. The molecule has 4 nitrogen and oxygen atoms in total. The van der Waals surface area contributed by atoms with E-state index in [4.69, 9.17) is 15.9 Å². The van der Waals surface area contributed by atoms with Crippen molar-refractivity contribution in [3.63, 3.8) is 0 Å². The van der Waals surface area contributed by atoms with E-state index in [2.05, 4.69) is 6.92 Å². The number of nitrogen functional groups attached to an aromatic ring is 1. The van der Waals surface area contributed by atoms with Gasteiger partial charge >= 0.3 is 0 Å². The van der Waals surface area contributed by atoms with Crippen molar-refractivity contribution in [1.82, 2.24) is 0 Å². The minimum atomic E-state index is -0.141. The Hall–Kier alpha value is -1.84. The fraction of sp³-hybridized carbons (Fsp3) is 0.500. The van der Waals surface area contributed by atoms with Crippen LogP contribution in [0.15, 0.2) is 18.2 Å². The number of methoxy groups -OCH3 is 1. The van der Waals surface area contributed by atoms with Gasteiger partial charge in [0.2, 0.25) is 0 Å². The largest absolute Gasteiger partial charge is 0.497 e. The lowest BCUT2D eigenvalue weighted by molar-refractivity contribution is -0.116. The van der Waals surface area contributed by atoms with E-state index in [1.165, 1.54) is 0 Å². The maximum Gasteiger partial charge on any atom is 0.183 e. The van der Waals surface area contributed by atoms with Crippen LogP contribution in [0, 0.1) is 11.3 Å². The number of nitrogens with two attached hydrogens (primary N) is 1. The molecule has 3 N–H and O–H groups in total. The molecule has 1 rings (SSSR count). The zero-order valence-electron chi connectivity index (χ0n) is 12.5. The van der Waals surface area contributed by atoms with Crippen LogP contribution < -0.4 is 10.5 Å². The van der Waals surface area contributed by atoms with Crippen LogP contribution in [0.5, 0.6) is 5.75 Å². The van der Waals surface area contributed by atoms with Crippen LogP contribution in [0.4, 0.5) is 5.69 Å². The van der Waals surface area contributed by atoms with Gasteiger partial charge in [-0.25, -0.2) is 0 Å². The van der Waals surface area contributed by atoms with Gasteiger partial charge in [-0.15, -0.1) is 0 Å². The molecule has 0 aromatic heterocycles.